The summed E-state index contributed by atoms with van der Waals surface area (Å²) in [7, 11) is 1.48. The van der Waals surface area contributed by atoms with Crippen LogP contribution in [0.5, 0.6) is 5.75 Å². The van der Waals surface area contributed by atoms with Gasteiger partial charge in [-0.05, 0) is 24.1 Å². The van der Waals surface area contributed by atoms with Crippen molar-refractivity contribution in [2.45, 2.75) is 18.9 Å². The fraction of sp³-hybridized carbons (Fsp3) is 0.250. The van der Waals surface area contributed by atoms with E-state index in [-0.39, 0.29) is 5.56 Å². The zero-order valence-electron chi connectivity index (χ0n) is 11.1. The van der Waals surface area contributed by atoms with Crippen LogP contribution >= 0.6 is 0 Å². The largest absolute Gasteiger partial charge is 0.497 e. The summed E-state index contributed by atoms with van der Waals surface area (Å²) in [5.41, 5.74) is -0.374. The van der Waals surface area contributed by atoms with E-state index in [1.54, 1.807) is 24.3 Å². The number of hydrogen-bond acceptors (Lipinski definition) is 2. The van der Waals surface area contributed by atoms with Gasteiger partial charge in [0.15, 0.2) is 0 Å². The molecule has 1 N–H and O–H groups in total. The Morgan fingerprint density at radius 2 is 1.84 bits per heavy atom. The molecule has 0 aromatic heterocycles. The van der Waals surface area contributed by atoms with Crippen LogP contribution in [-0.4, -0.2) is 12.2 Å². The molecule has 100 valence electrons. The first-order valence-corrected chi connectivity index (χ1v) is 6.23. The van der Waals surface area contributed by atoms with Crippen molar-refractivity contribution in [2.75, 3.05) is 7.11 Å². The van der Waals surface area contributed by atoms with Crippen LogP contribution in [0.3, 0.4) is 0 Å². The Morgan fingerprint density at radius 1 is 1.16 bits per heavy atom. The van der Waals surface area contributed by atoms with Crippen molar-refractivity contribution in [3.05, 3.63) is 65.5 Å². The predicted molar refractivity (Wildman–Crippen MR) is 72.7 cm³/mol. The number of hydrogen-bond donors (Lipinski definition) is 1. The van der Waals surface area contributed by atoms with E-state index in [9.17, 15) is 9.50 Å². The summed E-state index contributed by atoms with van der Waals surface area (Å²) in [5, 5.41) is 10.8. The van der Waals surface area contributed by atoms with Gasteiger partial charge in [-0.2, -0.15) is 0 Å². The highest BCUT2D eigenvalue weighted by molar-refractivity contribution is 5.39. The third-order valence-electron chi connectivity index (χ3n) is 3.38. The first-order chi connectivity index (χ1) is 9.11. The van der Waals surface area contributed by atoms with Gasteiger partial charge in [-0.15, -0.1) is 0 Å². The third kappa shape index (κ3) is 2.47. The fourth-order valence-electron chi connectivity index (χ4n) is 2.22. The van der Waals surface area contributed by atoms with Crippen molar-refractivity contribution in [3.63, 3.8) is 0 Å². The van der Waals surface area contributed by atoms with Crippen molar-refractivity contribution >= 4 is 0 Å². The monoisotopic (exact) mass is 260 g/mol. The first kappa shape index (κ1) is 13.6. The molecule has 0 fully saturated rings. The lowest BCUT2D eigenvalue weighted by Gasteiger charge is -2.28. The molecule has 2 aromatic carbocycles. The molecule has 19 heavy (non-hydrogen) atoms. The third-order valence-corrected chi connectivity index (χ3v) is 3.38. The van der Waals surface area contributed by atoms with Gasteiger partial charge >= 0.3 is 0 Å². The smallest absolute Gasteiger partial charge is 0.133 e. The van der Waals surface area contributed by atoms with E-state index >= 15 is 0 Å². The number of aliphatic hydroxyl groups is 1. The second-order valence-electron chi connectivity index (χ2n) is 4.43. The molecular formula is C16H17FO2. The van der Waals surface area contributed by atoms with E-state index in [0.29, 0.717) is 17.7 Å². The molecule has 0 saturated carbocycles. The summed E-state index contributed by atoms with van der Waals surface area (Å²) in [4.78, 5) is 0. The summed E-state index contributed by atoms with van der Waals surface area (Å²) in [5.74, 6) is -0.0275. The molecule has 1 unspecified atom stereocenters. The molecule has 0 heterocycles. The Labute approximate surface area is 112 Å². The topological polar surface area (TPSA) is 29.5 Å². The quantitative estimate of drug-likeness (QED) is 0.912. The van der Waals surface area contributed by atoms with Gasteiger partial charge in [-0.25, -0.2) is 4.39 Å². The van der Waals surface area contributed by atoms with Crippen LogP contribution in [0.25, 0.3) is 0 Å². The van der Waals surface area contributed by atoms with Crippen molar-refractivity contribution in [2.24, 2.45) is 0 Å². The Bertz CT molecular complexity index is 554. The Kier molecular flexibility index (Phi) is 3.86. The molecule has 0 radical (unpaired) electrons. The van der Waals surface area contributed by atoms with Crippen LogP contribution in [0.2, 0.25) is 0 Å². The maximum absolute atomic E-state index is 14.2. The van der Waals surface area contributed by atoms with Crippen LogP contribution in [-0.2, 0) is 5.60 Å². The van der Waals surface area contributed by atoms with Gasteiger partial charge in [0.05, 0.1) is 7.11 Å². The minimum absolute atomic E-state index is 0.266. The average molecular weight is 260 g/mol. The molecule has 0 saturated heterocycles. The highest BCUT2D eigenvalue weighted by Crippen LogP contribution is 2.35. The fourth-order valence-corrected chi connectivity index (χ4v) is 2.22. The molecule has 0 amide bonds. The number of ether oxygens (including phenoxy) is 1. The maximum atomic E-state index is 14.2. The van der Waals surface area contributed by atoms with Crippen LogP contribution in [0.1, 0.15) is 24.5 Å². The van der Waals surface area contributed by atoms with E-state index in [1.807, 2.05) is 25.1 Å². The van der Waals surface area contributed by atoms with E-state index in [0.717, 1.165) is 0 Å². The Hall–Kier alpha value is -1.87. The van der Waals surface area contributed by atoms with Gasteiger partial charge in [0.25, 0.3) is 0 Å². The van der Waals surface area contributed by atoms with E-state index in [2.05, 4.69) is 0 Å². The van der Waals surface area contributed by atoms with Crippen LogP contribution in [0, 0.1) is 5.82 Å². The Morgan fingerprint density at radius 3 is 2.37 bits per heavy atom. The second kappa shape index (κ2) is 5.41. The normalized spacial score (nSPS) is 13.9. The Balaban J connectivity index is 2.53. The summed E-state index contributed by atoms with van der Waals surface area (Å²) < 4.78 is 19.1. The summed E-state index contributed by atoms with van der Waals surface area (Å²) >= 11 is 0. The van der Waals surface area contributed by atoms with Gasteiger partial charge in [0.2, 0.25) is 0 Å². The van der Waals surface area contributed by atoms with Crippen molar-refractivity contribution < 1.29 is 14.2 Å². The predicted octanol–water partition coefficient (Wildman–Crippen LogP) is 3.48. The van der Waals surface area contributed by atoms with E-state index in [1.165, 1.54) is 13.2 Å². The summed E-state index contributed by atoms with van der Waals surface area (Å²) in [6.07, 6.45) is 0.389. The van der Waals surface area contributed by atoms with Crippen molar-refractivity contribution in [1.82, 2.24) is 0 Å². The van der Waals surface area contributed by atoms with Crippen LogP contribution in [0.15, 0.2) is 48.5 Å². The summed E-state index contributed by atoms with van der Waals surface area (Å²) in [6.45, 7) is 1.83. The zero-order chi connectivity index (χ0) is 13.9. The minimum Gasteiger partial charge on any atom is -0.497 e. The maximum Gasteiger partial charge on any atom is 0.133 e. The number of rotatable bonds is 4. The lowest BCUT2D eigenvalue weighted by atomic mass is 9.84. The van der Waals surface area contributed by atoms with Gasteiger partial charge < -0.3 is 9.84 Å². The molecule has 2 nitrogen and oxygen atoms in total. The van der Waals surface area contributed by atoms with Crippen LogP contribution < -0.4 is 4.74 Å². The summed E-state index contributed by atoms with van der Waals surface area (Å²) in [6, 6.07) is 13.6. The molecular weight excluding hydrogens is 243 g/mol. The molecule has 0 aliphatic heterocycles. The van der Waals surface area contributed by atoms with Gasteiger partial charge in [0, 0.05) is 11.6 Å². The molecule has 0 aliphatic rings. The zero-order valence-corrected chi connectivity index (χ0v) is 11.1. The first-order valence-electron chi connectivity index (χ1n) is 6.23. The number of methoxy groups -OCH3 is 1. The lowest BCUT2D eigenvalue weighted by molar-refractivity contribution is 0.0725. The second-order valence-corrected chi connectivity index (χ2v) is 4.43. The van der Waals surface area contributed by atoms with Crippen molar-refractivity contribution in [1.29, 1.82) is 0 Å². The molecule has 0 aliphatic carbocycles. The number of benzene rings is 2. The van der Waals surface area contributed by atoms with E-state index in [4.69, 9.17) is 4.74 Å². The SMILES string of the molecule is CCC(O)(c1ccccc1)c1ccc(OC)cc1F. The highest BCUT2D eigenvalue weighted by Gasteiger charge is 2.32. The van der Waals surface area contributed by atoms with Crippen molar-refractivity contribution in [3.8, 4) is 5.75 Å². The average Bonchev–Trinajstić information content (AvgIpc) is 2.47. The molecule has 2 rings (SSSR count). The highest BCUT2D eigenvalue weighted by atomic mass is 19.1. The molecule has 1 atom stereocenters. The van der Waals surface area contributed by atoms with Gasteiger partial charge in [-0.3, -0.25) is 0 Å². The molecule has 0 spiro atoms. The van der Waals surface area contributed by atoms with Gasteiger partial charge in [0.1, 0.15) is 17.2 Å². The minimum atomic E-state index is -1.32. The molecule has 0 bridgehead atoms. The van der Waals surface area contributed by atoms with Gasteiger partial charge in [-0.1, -0.05) is 37.3 Å². The number of halogens is 1. The standard InChI is InChI=1S/C16H17FO2/c1-3-16(18,12-7-5-4-6-8-12)14-10-9-13(19-2)11-15(14)17/h4-11,18H,3H2,1-2H3. The molecule has 2 aromatic rings. The molecule has 3 heteroatoms. The van der Waals surface area contributed by atoms with E-state index < -0.39 is 11.4 Å². The van der Waals surface area contributed by atoms with Crippen LogP contribution in [0.4, 0.5) is 4.39 Å². The lowest BCUT2D eigenvalue weighted by Crippen LogP contribution is -2.27.